The van der Waals surface area contributed by atoms with Gasteiger partial charge >= 0.3 is 6.03 Å². The van der Waals surface area contributed by atoms with E-state index >= 15 is 0 Å². The topological polar surface area (TPSA) is 91.8 Å². The molecule has 0 saturated carbocycles. The largest absolute Gasteiger partial charge is 0.352 e. The van der Waals surface area contributed by atoms with Crippen LogP contribution in [0.1, 0.15) is 31.5 Å². The Morgan fingerprint density at radius 2 is 1.91 bits per heavy atom. The summed E-state index contributed by atoms with van der Waals surface area (Å²) in [6.07, 6.45) is 3.32. The maximum absolute atomic E-state index is 11.7. The fourth-order valence-electron chi connectivity index (χ4n) is 1.70. The fourth-order valence-corrected chi connectivity index (χ4v) is 2.66. The van der Waals surface area contributed by atoms with E-state index in [0.717, 1.165) is 10.7 Å². The van der Waals surface area contributed by atoms with Crippen molar-refractivity contribution in [2.24, 2.45) is 0 Å². The van der Waals surface area contributed by atoms with Crippen molar-refractivity contribution in [3.8, 4) is 0 Å². The standard InChI is InChI=1S/C15H22N6OS/c1-15(2,3)11-10-23-12(21-11)9-20-14(22)19-8-7-18-13-16-5-4-6-17-13/h4-6,10H,7-9H2,1-3H3,(H,16,17,18)(H2,19,20,22). The van der Waals surface area contributed by atoms with Gasteiger partial charge in [0, 0.05) is 36.3 Å². The Labute approximate surface area is 140 Å². The van der Waals surface area contributed by atoms with Gasteiger partial charge in [-0.3, -0.25) is 0 Å². The summed E-state index contributed by atoms with van der Waals surface area (Å²) in [5, 5.41) is 11.5. The maximum Gasteiger partial charge on any atom is 0.315 e. The molecule has 23 heavy (non-hydrogen) atoms. The Balaban J connectivity index is 1.64. The molecule has 7 nitrogen and oxygen atoms in total. The molecule has 0 radical (unpaired) electrons. The van der Waals surface area contributed by atoms with Crippen molar-refractivity contribution in [1.82, 2.24) is 25.6 Å². The zero-order chi connectivity index (χ0) is 16.7. The highest BCUT2D eigenvalue weighted by Crippen LogP contribution is 2.23. The van der Waals surface area contributed by atoms with Crippen LogP contribution >= 0.6 is 11.3 Å². The van der Waals surface area contributed by atoms with Crippen molar-refractivity contribution >= 4 is 23.3 Å². The summed E-state index contributed by atoms with van der Waals surface area (Å²) in [6.45, 7) is 7.83. The van der Waals surface area contributed by atoms with Crippen LogP contribution in [0, 0.1) is 0 Å². The van der Waals surface area contributed by atoms with E-state index in [9.17, 15) is 4.79 Å². The van der Waals surface area contributed by atoms with E-state index in [1.165, 1.54) is 0 Å². The number of anilines is 1. The van der Waals surface area contributed by atoms with Gasteiger partial charge in [-0.05, 0) is 6.07 Å². The Bertz CT molecular complexity index is 622. The smallest absolute Gasteiger partial charge is 0.315 e. The molecule has 0 aliphatic heterocycles. The summed E-state index contributed by atoms with van der Waals surface area (Å²) in [4.78, 5) is 24.3. The van der Waals surface area contributed by atoms with Crippen molar-refractivity contribution in [3.63, 3.8) is 0 Å². The number of nitrogens with zero attached hydrogens (tertiary/aromatic N) is 3. The van der Waals surface area contributed by atoms with Crippen LogP contribution in [-0.4, -0.2) is 34.1 Å². The first-order chi connectivity index (χ1) is 10.9. The van der Waals surface area contributed by atoms with Crippen LogP contribution in [0.5, 0.6) is 0 Å². The molecule has 2 aromatic heterocycles. The summed E-state index contributed by atoms with van der Waals surface area (Å²) in [5.41, 5.74) is 1.08. The van der Waals surface area contributed by atoms with Gasteiger partial charge in [0.25, 0.3) is 0 Å². The number of carbonyl (C=O) groups is 1. The third-order valence-corrected chi connectivity index (χ3v) is 3.83. The van der Waals surface area contributed by atoms with Crippen molar-refractivity contribution in [2.75, 3.05) is 18.4 Å². The quantitative estimate of drug-likeness (QED) is 0.704. The molecule has 0 atom stereocenters. The summed E-state index contributed by atoms with van der Waals surface area (Å²) < 4.78 is 0. The summed E-state index contributed by atoms with van der Waals surface area (Å²) >= 11 is 1.56. The third-order valence-electron chi connectivity index (χ3n) is 2.98. The lowest BCUT2D eigenvalue weighted by Gasteiger charge is -2.14. The molecule has 124 valence electrons. The number of thiazole rings is 1. The van der Waals surface area contributed by atoms with Crippen LogP contribution in [-0.2, 0) is 12.0 Å². The summed E-state index contributed by atoms with van der Waals surface area (Å²) in [5.74, 6) is 0.548. The fraction of sp³-hybridized carbons (Fsp3) is 0.467. The normalized spacial score (nSPS) is 11.1. The summed E-state index contributed by atoms with van der Waals surface area (Å²) in [6, 6.07) is 1.54. The average Bonchev–Trinajstić information content (AvgIpc) is 3.00. The molecule has 0 fully saturated rings. The second-order valence-corrected chi connectivity index (χ2v) is 6.93. The second-order valence-electron chi connectivity index (χ2n) is 5.99. The number of amides is 2. The zero-order valence-electron chi connectivity index (χ0n) is 13.6. The van der Waals surface area contributed by atoms with Gasteiger partial charge in [-0.1, -0.05) is 20.8 Å². The first-order valence-electron chi connectivity index (χ1n) is 7.42. The minimum Gasteiger partial charge on any atom is -0.352 e. The van der Waals surface area contributed by atoms with E-state index < -0.39 is 0 Å². The maximum atomic E-state index is 11.7. The Morgan fingerprint density at radius 3 is 2.57 bits per heavy atom. The highest BCUT2D eigenvalue weighted by molar-refractivity contribution is 7.09. The molecule has 8 heteroatoms. The Kier molecular flexibility index (Phi) is 5.86. The molecule has 0 aromatic carbocycles. The van der Waals surface area contributed by atoms with Crippen LogP contribution in [0.3, 0.4) is 0 Å². The third kappa shape index (κ3) is 5.82. The lowest BCUT2D eigenvalue weighted by atomic mass is 9.93. The van der Waals surface area contributed by atoms with Crippen LogP contribution in [0.25, 0.3) is 0 Å². The molecule has 0 aliphatic carbocycles. The first-order valence-corrected chi connectivity index (χ1v) is 8.30. The van der Waals surface area contributed by atoms with Crippen molar-refractivity contribution in [1.29, 1.82) is 0 Å². The predicted octanol–water partition coefficient (Wildman–Crippen LogP) is 2.14. The van der Waals surface area contributed by atoms with E-state index in [-0.39, 0.29) is 11.4 Å². The molecule has 2 heterocycles. The molecular formula is C15H22N6OS. The van der Waals surface area contributed by atoms with Crippen molar-refractivity contribution in [2.45, 2.75) is 32.7 Å². The van der Waals surface area contributed by atoms with E-state index in [2.05, 4.69) is 51.7 Å². The van der Waals surface area contributed by atoms with Crippen LogP contribution in [0.4, 0.5) is 10.7 Å². The van der Waals surface area contributed by atoms with Gasteiger partial charge < -0.3 is 16.0 Å². The molecule has 2 amide bonds. The molecule has 2 aromatic rings. The number of nitrogens with one attached hydrogen (secondary N) is 3. The molecule has 0 bridgehead atoms. The Morgan fingerprint density at radius 1 is 1.17 bits per heavy atom. The molecular weight excluding hydrogens is 312 g/mol. The summed E-state index contributed by atoms with van der Waals surface area (Å²) in [7, 11) is 0. The van der Waals surface area contributed by atoms with Gasteiger partial charge in [-0.25, -0.2) is 19.7 Å². The molecule has 0 saturated heterocycles. The SMILES string of the molecule is CC(C)(C)c1csc(CNC(=O)NCCNc2ncccn2)n1. The monoisotopic (exact) mass is 334 g/mol. The van der Waals surface area contributed by atoms with Crippen LogP contribution in [0.2, 0.25) is 0 Å². The number of rotatable bonds is 6. The van der Waals surface area contributed by atoms with Crippen molar-refractivity contribution in [3.05, 3.63) is 34.5 Å². The van der Waals surface area contributed by atoms with Gasteiger partial charge in [-0.2, -0.15) is 0 Å². The van der Waals surface area contributed by atoms with E-state index in [1.807, 2.05) is 5.38 Å². The number of hydrogen-bond acceptors (Lipinski definition) is 6. The number of urea groups is 1. The predicted molar refractivity (Wildman–Crippen MR) is 91.6 cm³/mol. The average molecular weight is 334 g/mol. The minimum atomic E-state index is -0.215. The molecule has 0 spiro atoms. The van der Waals surface area contributed by atoms with Crippen LogP contribution in [0.15, 0.2) is 23.8 Å². The van der Waals surface area contributed by atoms with Gasteiger partial charge in [0.05, 0.1) is 12.2 Å². The molecule has 0 unspecified atom stereocenters. The van der Waals surface area contributed by atoms with Gasteiger partial charge in [0.15, 0.2) is 0 Å². The molecule has 3 N–H and O–H groups in total. The number of carbonyl (C=O) groups excluding carboxylic acids is 1. The minimum absolute atomic E-state index is 0.0299. The van der Waals surface area contributed by atoms with Gasteiger partial charge in [0.1, 0.15) is 5.01 Å². The molecule has 2 rings (SSSR count). The van der Waals surface area contributed by atoms with Gasteiger partial charge in [0.2, 0.25) is 5.95 Å². The highest BCUT2D eigenvalue weighted by Gasteiger charge is 2.17. The molecule has 0 aliphatic rings. The lowest BCUT2D eigenvalue weighted by molar-refractivity contribution is 0.241. The zero-order valence-corrected chi connectivity index (χ0v) is 14.4. The van der Waals surface area contributed by atoms with Crippen molar-refractivity contribution < 1.29 is 4.79 Å². The highest BCUT2D eigenvalue weighted by atomic mass is 32.1. The van der Waals surface area contributed by atoms with Gasteiger partial charge in [-0.15, -0.1) is 11.3 Å². The Hall–Kier alpha value is -2.22. The van der Waals surface area contributed by atoms with E-state index in [1.54, 1.807) is 29.8 Å². The lowest BCUT2D eigenvalue weighted by Crippen LogP contribution is -2.37. The second kappa shape index (κ2) is 7.87. The number of aromatic nitrogens is 3. The van der Waals surface area contributed by atoms with E-state index in [0.29, 0.717) is 25.6 Å². The number of hydrogen-bond donors (Lipinski definition) is 3. The van der Waals surface area contributed by atoms with Crippen LogP contribution < -0.4 is 16.0 Å². The first kappa shape index (κ1) is 17.1. The van der Waals surface area contributed by atoms with E-state index in [4.69, 9.17) is 0 Å².